The van der Waals surface area contributed by atoms with Crippen LogP contribution in [-0.4, -0.2) is 195 Å². The van der Waals surface area contributed by atoms with Crippen molar-refractivity contribution in [2.24, 2.45) is 5.92 Å². The van der Waals surface area contributed by atoms with E-state index in [1.165, 1.54) is 12.0 Å². The van der Waals surface area contributed by atoms with Gasteiger partial charge in [0.25, 0.3) is 0 Å². The van der Waals surface area contributed by atoms with Gasteiger partial charge in [0.1, 0.15) is 53.6 Å². The number of carbonyl (C=O) groups excluding carboxylic acids is 4. The first-order chi connectivity index (χ1) is 45.2. The second-order valence-electron chi connectivity index (χ2n) is 27.3. The lowest BCUT2D eigenvalue weighted by molar-refractivity contribution is -0.141. The number of aliphatic hydroxyl groups excluding tert-OH is 1. The third-order valence-corrected chi connectivity index (χ3v) is 20.6. The number of hydrogen-bond acceptors (Lipinski definition) is 20. The molecule has 4 aromatic heterocycles. The van der Waals surface area contributed by atoms with E-state index in [0.717, 1.165) is 77.5 Å². The highest BCUT2D eigenvalue weighted by atomic mass is 32.1. The number of likely N-dealkylation sites (tertiary alicyclic amines) is 1. The molecule has 0 spiro atoms. The van der Waals surface area contributed by atoms with Crippen LogP contribution in [0.5, 0.6) is 11.8 Å². The average molecular weight is 1310 g/mol. The zero-order chi connectivity index (χ0) is 65.7. The van der Waals surface area contributed by atoms with E-state index in [1.807, 2.05) is 118 Å². The van der Waals surface area contributed by atoms with Gasteiger partial charge in [0, 0.05) is 83.2 Å². The number of rotatable bonds is 18. The number of ether oxygens (including phenoxy) is 5. The summed E-state index contributed by atoms with van der Waals surface area (Å²) in [5.41, 5.74) is 4.35. The summed E-state index contributed by atoms with van der Waals surface area (Å²) in [6.07, 6.45) is 4.99. The van der Waals surface area contributed by atoms with Gasteiger partial charge in [-0.2, -0.15) is 9.97 Å². The summed E-state index contributed by atoms with van der Waals surface area (Å²) in [4.78, 5) is 87.5. The number of fused-ring (bicyclic) bond motifs is 5. The number of piperazine rings is 2. The van der Waals surface area contributed by atoms with Gasteiger partial charge in [-0.05, 0) is 120 Å². The largest absolute Gasteiger partial charge is 0.468 e. The predicted molar refractivity (Wildman–Crippen MR) is 351 cm³/mol. The number of nitrogens with one attached hydrogen (secondary N) is 1. The van der Waals surface area contributed by atoms with Crippen LogP contribution >= 0.6 is 11.3 Å². The summed E-state index contributed by atoms with van der Waals surface area (Å²) in [5.74, 6) is -0.447. The second-order valence-corrected chi connectivity index (χ2v) is 28.2. The highest BCUT2D eigenvalue weighted by molar-refractivity contribution is 7.13. The van der Waals surface area contributed by atoms with Crippen LogP contribution in [0.1, 0.15) is 115 Å². The molecule has 6 saturated heterocycles. The summed E-state index contributed by atoms with van der Waals surface area (Å²) >= 11 is 1.58. The second kappa shape index (κ2) is 26.5. The minimum Gasteiger partial charge on any atom is -0.468 e. The number of halogens is 1. The molecule has 6 fully saturated rings. The van der Waals surface area contributed by atoms with Crippen molar-refractivity contribution in [3.63, 3.8) is 0 Å². The molecule has 0 radical (unpaired) electrons. The fourth-order valence-corrected chi connectivity index (χ4v) is 15.8. The molecule has 94 heavy (non-hydrogen) atoms. The topological polar surface area (TPSA) is 244 Å². The Morgan fingerprint density at radius 3 is 2.36 bits per heavy atom. The Balaban J connectivity index is 0.649. The molecular formula is C69H83FN12O11S. The van der Waals surface area contributed by atoms with Gasteiger partial charge in [0.15, 0.2) is 24.2 Å². The fourth-order valence-electron chi connectivity index (χ4n) is 14.9. The molecule has 23 nitrogen and oxygen atoms in total. The van der Waals surface area contributed by atoms with Crippen LogP contribution in [0.25, 0.3) is 43.4 Å². The molecule has 25 heteroatoms. The molecule has 8 atom stereocenters. The third kappa shape index (κ3) is 12.9. The fraction of sp³-hybridized carbons (Fsp3) is 0.522. The lowest BCUT2D eigenvalue weighted by Crippen LogP contribution is -2.57. The summed E-state index contributed by atoms with van der Waals surface area (Å²) in [7, 11) is 1.54. The van der Waals surface area contributed by atoms with Gasteiger partial charge >= 0.3 is 18.2 Å². The van der Waals surface area contributed by atoms with E-state index in [2.05, 4.69) is 25.3 Å². The van der Waals surface area contributed by atoms with Gasteiger partial charge < -0.3 is 58.2 Å². The molecule has 7 aromatic rings. The lowest BCUT2D eigenvalue weighted by Gasteiger charge is -2.42. The van der Waals surface area contributed by atoms with Crippen molar-refractivity contribution >= 4 is 68.6 Å². The summed E-state index contributed by atoms with van der Waals surface area (Å²) in [6.45, 7) is 17.0. The number of methoxy groups -OCH3 is 1. The van der Waals surface area contributed by atoms with Gasteiger partial charge in [0.2, 0.25) is 11.8 Å². The van der Waals surface area contributed by atoms with Crippen LogP contribution < -0.4 is 24.6 Å². The van der Waals surface area contributed by atoms with E-state index in [4.69, 9.17) is 43.2 Å². The van der Waals surface area contributed by atoms with E-state index in [0.29, 0.717) is 73.4 Å². The Labute approximate surface area is 549 Å². The van der Waals surface area contributed by atoms with Crippen LogP contribution in [0, 0.1) is 18.7 Å². The number of pyridine rings is 1. The standard InChI is InChI=1S/C69H83FN12O11S/c1-40(2)57(64(85)80-35-49(83)29-54(80)63(84)73-41(3)43-14-16-44(17-15-43)61-42(4)72-38-94-61)55-31-56(76-93-55)77-24-26-78(27-25-77)66(86)89-36-48-20-22-69(21-11-23-81(48)69)37-90-65-74-60-53(62(75-65)79-33-46-18-19-47(34-79)82(46)67(87)92-68(5,6)7)32-71-59(58(60)70)52-30-50(91-39-88-8)28-45-12-9-10-13-51(45)52/h9-10,12-17,28,30-32,38,40-41,46-49,54,57,83H,11,18-27,29,33-37,39H2,1-8H3,(H,73,84)/t41-,46?,47?,48+,49+,54-,57+,69?/m0/s1. The van der Waals surface area contributed by atoms with E-state index >= 15 is 4.39 Å². The van der Waals surface area contributed by atoms with E-state index in [-0.39, 0.29) is 98.2 Å². The minimum atomic E-state index is -0.876. The summed E-state index contributed by atoms with van der Waals surface area (Å²) in [6, 6.07) is 19.5. The maximum absolute atomic E-state index is 17.7. The molecule has 498 valence electrons. The van der Waals surface area contributed by atoms with Gasteiger partial charge in [-0.1, -0.05) is 67.5 Å². The van der Waals surface area contributed by atoms with Crippen molar-refractivity contribution in [3.05, 3.63) is 101 Å². The highest BCUT2D eigenvalue weighted by Crippen LogP contribution is 2.45. The smallest absolute Gasteiger partial charge is 0.410 e. The molecule has 6 aliphatic rings. The number of carbonyl (C=O) groups is 4. The molecule has 3 unspecified atom stereocenters. The molecule has 13 rings (SSSR count). The quantitative estimate of drug-likeness (QED) is 0.0759. The number of aromatic nitrogens is 5. The number of anilines is 2. The van der Waals surface area contributed by atoms with Crippen LogP contribution in [0.2, 0.25) is 0 Å². The number of thiazole rings is 1. The maximum atomic E-state index is 17.7. The summed E-state index contributed by atoms with van der Waals surface area (Å²) in [5, 5.41) is 20.4. The highest BCUT2D eigenvalue weighted by Gasteiger charge is 2.51. The monoisotopic (exact) mass is 1310 g/mol. The molecule has 3 aromatic carbocycles. The van der Waals surface area contributed by atoms with Crippen molar-refractivity contribution in [1.29, 1.82) is 0 Å². The maximum Gasteiger partial charge on any atom is 0.410 e. The van der Waals surface area contributed by atoms with Crippen LogP contribution in [0.3, 0.4) is 0 Å². The van der Waals surface area contributed by atoms with E-state index in [1.54, 1.807) is 34.6 Å². The normalized spacial score (nSPS) is 22.9. The number of aryl methyl sites for hydroxylation is 1. The van der Waals surface area contributed by atoms with E-state index < -0.39 is 41.1 Å². The van der Waals surface area contributed by atoms with Gasteiger partial charge in [0.05, 0.1) is 51.2 Å². The predicted octanol–water partition coefficient (Wildman–Crippen LogP) is 9.89. The Kier molecular flexibility index (Phi) is 18.2. The average Bonchev–Trinajstić information content (AvgIpc) is 1.12. The molecule has 0 saturated carbocycles. The van der Waals surface area contributed by atoms with Crippen LogP contribution in [0.4, 0.5) is 25.6 Å². The summed E-state index contributed by atoms with van der Waals surface area (Å²) < 4.78 is 53.4. The number of benzene rings is 3. The number of aliphatic hydroxyl groups is 1. The third-order valence-electron chi connectivity index (χ3n) is 19.6. The molecule has 10 heterocycles. The number of hydrogen-bond donors (Lipinski definition) is 2. The SMILES string of the molecule is COCOc1cc(-c2ncc3c(N4CC5CCC(C4)N5C(=O)OC(C)(C)C)nc(OCC45CCCN4[C@@H](COC(=O)N4CCN(c6cc([C@H](C(=O)N7C[C@H](O)C[C@H]7C(=O)N[C@@H](C)c7ccc(-c8scnc8C)cc7)C(C)C)on6)CC4)CC5)nc3c2F)c2ccccc2c1. The Bertz CT molecular complexity index is 3940. The Morgan fingerprint density at radius 2 is 1.64 bits per heavy atom. The zero-order valence-electron chi connectivity index (χ0n) is 54.6. The van der Waals surface area contributed by atoms with Crippen molar-refractivity contribution in [1.82, 2.24) is 50.0 Å². The molecule has 0 aliphatic carbocycles. The van der Waals surface area contributed by atoms with Crippen molar-refractivity contribution < 1.29 is 56.9 Å². The first-order valence-electron chi connectivity index (χ1n) is 32.8. The van der Waals surface area contributed by atoms with Gasteiger partial charge in [-0.25, -0.2) is 19.0 Å². The van der Waals surface area contributed by atoms with Crippen molar-refractivity contribution in [2.45, 2.75) is 147 Å². The van der Waals surface area contributed by atoms with Crippen LogP contribution in [0.15, 0.2) is 83.0 Å². The van der Waals surface area contributed by atoms with Crippen LogP contribution in [-0.2, 0) is 23.8 Å². The molecule has 4 amide bonds. The minimum absolute atomic E-state index is 0.00441. The van der Waals surface area contributed by atoms with Gasteiger partial charge in [-0.3, -0.25) is 24.4 Å². The molecule has 6 aliphatic heterocycles. The van der Waals surface area contributed by atoms with E-state index in [9.17, 15) is 24.3 Å². The first kappa shape index (κ1) is 64.4. The molecule has 2 N–H and O–H groups in total. The number of β-amino-alcohol motifs (C(OH)–C–C–N with tert-alkyl or cyclic N) is 1. The van der Waals surface area contributed by atoms with Gasteiger partial charge in [-0.15, -0.1) is 11.3 Å². The first-order valence-corrected chi connectivity index (χ1v) is 33.7. The zero-order valence-corrected chi connectivity index (χ0v) is 55.4. The number of amides is 4. The molecular weight excluding hydrogens is 1220 g/mol. The van der Waals surface area contributed by atoms with Crippen molar-refractivity contribution in [2.75, 3.05) is 89.3 Å². The van der Waals surface area contributed by atoms with Crippen molar-refractivity contribution in [3.8, 4) is 33.5 Å². The lowest BCUT2D eigenvalue weighted by atomic mass is 9.91. The Morgan fingerprint density at radius 1 is 0.872 bits per heavy atom. The number of nitrogens with zero attached hydrogens (tertiary/aromatic N) is 11. The molecule has 2 bridgehead atoms. The Hall–Kier alpha value is -8.26.